The maximum atomic E-state index is 14.0. The number of carbonyl (C=O) groups is 6. The summed E-state index contributed by atoms with van der Waals surface area (Å²) in [5.74, 6) is -4.59. The Bertz CT molecular complexity index is 1710. The van der Waals surface area contributed by atoms with E-state index in [1.54, 1.807) is 105 Å². The summed E-state index contributed by atoms with van der Waals surface area (Å²) in [5, 5.41) is 46.5. The number of aliphatic carboxylic acids is 1. The highest BCUT2D eigenvalue weighted by molar-refractivity contribution is 5.92. The number of aliphatic hydroxyl groups excluding tert-OH is 2. The van der Waals surface area contributed by atoms with Crippen molar-refractivity contribution in [3.63, 3.8) is 0 Å². The summed E-state index contributed by atoms with van der Waals surface area (Å²) >= 11 is 0. The summed E-state index contributed by atoms with van der Waals surface area (Å²) in [6.45, 7) is 6.04. The molecule has 0 heterocycles. The highest BCUT2D eigenvalue weighted by atomic mass is 16.4. The first-order valence-electron chi connectivity index (χ1n) is 18.3. The van der Waals surface area contributed by atoms with E-state index < -0.39 is 84.3 Å². The van der Waals surface area contributed by atoms with Crippen LogP contribution in [-0.2, 0) is 48.0 Å². The molecule has 0 aliphatic rings. The molecular weight excluding hydrogens is 706 g/mol. The van der Waals surface area contributed by atoms with Crippen LogP contribution in [0.1, 0.15) is 57.2 Å². The standard InChI is InChI=1S/C41H53N5O9/c1-25(2)36(43-27(4)48)41(55)46-33(23-29-16-10-6-11-17-29)38(52)37(51)32(22-28-14-8-5-9-15-28)45-39(53)31(20-21-35(49)50)44-40(54)34(42-26(3)47)24-30-18-12-7-13-19-30/h5-19,25,31-34,36-38,51-52H,20-24H2,1-4H3,(H,42,47)(H,43,48)(H,44,54)(H,45,53)(H,46,55)(H,49,50). The van der Waals surface area contributed by atoms with Gasteiger partial charge in [0.25, 0.3) is 0 Å². The van der Waals surface area contributed by atoms with Crippen molar-refractivity contribution in [2.45, 2.75) is 102 Å². The van der Waals surface area contributed by atoms with Crippen LogP contribution in [0.5, 0.6) is 0 Å². The average molecular weight is 760 g/mol. The maximum absolute atomic E-state index is 14.0. The minimum Gasteiger partial charge on any atom is -0.481 e. The molecule has 0 saturated heterocycles. The second kappa shape index (κ2) is 21.9. The van der Waals surface area contributed by atoms with Crippen molar-refractivity contribution in [1.82, 2.24) is 26.6 Å². The highest BCUT2D eigenvalue weighted by Crippen LogP contribution is 2.17. The van der Waals surface area contributed by atoms with Crippen molar-refractivity contribution in [3.8, 4) is 0 Å². The SMILES string of the molecule is CC(=O)NC(Cc1ccccc1)C(=O)NC(CCC(=O)O)C(=O)NC(Cc1ccccc1)C(O)C(O)C(Cc1ccccc1)NC(=O)C(NC(C)=O)C(C)C. The molecule has 0 radical (unpaired) electrons. The molecule has 296 valence electrons. The predicted molar refractivity (Wildman–Crippen MR) is 205 cm³/mol. The van der Waals surface area contributed by atoms with Gasteiger partial charge in [-0.05, 0) is 41.9 Å². The first kappa shape index (κ1) is 43.8. The largest absolute Gasteiger partial charge is 0.481 e. The first-order valence-corrected chi connectivity index (χ1v) is 18.3. The van der Waals surface area contributed by atoms with Crippen molar-refractivity contribution in [2.24, 2.45) is 5.92 Å². The number of benzene rings is 3. The number of aliphatic hydroxyl groups is 2. The lowest BCUT2D eigenvalue weighted by atomic mass is 9.90. The Morgan fingerprint density at radius 1 is 0.527 bits per heavy atom. The Morgan fingerprint density at radius 3 is 1.33 bits per heavy atom. The van der Waals surface area contributed by atoms with Crippen LogP contribution in [0.3, 0.4) is 0 Å². The van der Waals surface area contributed by atoms with Crippen molar-refractivity contribution in [3.05, 3.63) is 108 Å². The van der Waals surface area contributed by atoms with E-state index in [9.17, 15) is 44.1 Å². The van der Waals surface area contributed by atoms with Gasteiger partial charge in [-0.2, -0.15) is 0 Å². The number of hydrogen-bond acceptors (Lipinski definition) is 8. The fourth-order valence-corrected chi connectivity index (χ4v) is 6.15. The van der Waals surface area contributed by atoms with Crippen molar-refractivity contribution in [2.75, 3.05) is 0 Å². The second-order valence-corrected chi connectivity index (χ2v) is 13.9. The van der Waals surface area contributed by atoms with Crippen molar-refractivity contribution in [1.29, 1.82) is 0 Å². The molecule has 14 nitrogen and oxygen atoms in total. The van der Waals surface area contributed by atoms with E-state index in [-0.39, 0.29) is 31.6 Å². The van der Waals surface area contributed by atoms with Crippen LogP contribution in [0.4, 0.5) is 0 Å². The summed E-state index contributed by atoms with van der Waals surface area (Å²) in [6, 6.07) is 20.9. The molecule has 0 aromatic heterocycles. The lowest BCUT2D eigenvalue weighted by Gasteiger charge is -2.35. The first-order chi connectivity index (χ1) is 26.1. The Hall–Kier alpha value is -5.60. The second-order valence-electron chi connectivity index (χ2n) is 13.9. The number of nitrogens with one attached hydrogen (secondary N) is 5. The smallest absolute Gasteiger partial charge is 0.303 e. The van der Waals surface area contributed by atoms with Gasteiger partial charge in [-0.1, -0.05) is 105 Å². The Morgan fingerprint density at radius 2 is 0.927 bits per heavy atom. The highest BCUT2D eigenvalue weighted by Gasteiger charge is 2.37. The van der Waals surface area contributed by atoms with Gasteiger partial charge in [0.15, 0.2) is 0 Å². The minimum absolute atomic E-state index is 0.000553. The Balaban J connectivity index is 1.95. The monoisotopic (exact) mass is 759 g/mol. The topological polar surface area (TPSA) is 223 Å². The Labute approximate surface area is 321 Å². The van der Waals surface area contributed by atoms with Gasteiger partial charge in [0.1, 0.15) is 30.3 Å². The molecule has 0 aliphatic heterocycles. The zero-order valence-electron chi connectivity index (χ0n) is 31.6. The molecule has 3 rings (SSSR count). The fourth-order valence-electron chi connectivity index (χ4n) is 6.15. The summed E-state index contributed by atoms with van der Waals surface area (Å²) in [4.78, 5) is 76.7. The summed E-state index contributed by atoms with van der Waals surface area (Å²) in [6.07, 6.45) is -4.04. The zero-order valence-corrected chi connectivity index (χ0v) is 31.6. The van der Waals surface area contributed by atoms with Crippen LogP contribution < -0.4 is 26.6 Å². The van der Waals surface area contributed by atoms with Gasteiger partial charge in [0.05, 0.1) is 12.1 Å². The molecule has 0 saturated carbocycles. The molecule has 0 bridgehead atoms. The average Bonchev–Trinajstić information content (AvgIpc) is 3.14. The van der Waals surface area contributed by atoms with E-state index in [2.05, 4.69) is 26.6 Å². The summed E-state index contributed by atoms with van der Waals surface area (Å²) < 4.78 is 0. The molecule has 55 heavy (non-hydrogen) atoms. The summed E-state index contributed by atoms with van der Waals surface area (Å²) in [5.41, 5.74) is 2.13. The number of carboxylic acids is 1. The third-order valence-corrected chi connectivity index (χ3v) is 8.99. The molecule has 3 aromatic rings. The third kappa shape index (κ3) is 15.0. The third-order valence-electron chi connectivity index (χ3n) is 8.99. The summed E-state index contributed by atoms with van der Waals surface area (Å²) in [7, 11) is 0. The van der Waals surface area contributed by atoms with Crippen LogP contribution in [0, 0.1) is 5.92 Å². The van der Waals surface area contributed by atoms with E-state index in [1.807, 2.05) is 0 Å². The van der Waals surface area contributed by atoms with Crippen molar-refractivity contribution >= 4 is 35.5 Å². The van der Waals surface area contributed by atoms with Crippen molar-refractivity contribution < 1.29 is 44.1 Å². The number of carboxylic acid groups (broad SMARTS) is 1. The molecule has 7 unspecified atom stereocenters. The van der Waals surface area contributed by atoms with Gasteiger partial charge in [-0.25, -0.2) is 0 Å². The molecule has 3 aromatic carbocycles. The molecule has 8 N–H and O–H groups in total. The van der Waals surface area contributed by atoms with E-state index in [0.717, 1.165) is 11.1 Å². The molecule has 7 atom stereocenters. The Kier molecular flexibility index (Phi) is 17.5. The van der Waals surface area contributed by atoms with Crippen LogP contribution >= 0.6 is 0 Å². The van der Waals surface area contributed by atoms with Gasteiger partial charge in [-0.3, -0.25) is 28.8 Å². The zero-order chi connectivity index (χ0) is 40.5. The molecule has 0 fully saturated rings. The number of rotatable bonds is 21. The molecule has 0 spiro atoms. The number of amides is 5. The number of carbonyl (C=O) groups excluding carboxylic acids is 5. The van der Waals surface area contributed by atoms with E-state index in [4.69, 9.17) is 0 Å². The maximum Gasteiger partial charge on any atom is 0.303 e. The van der Waals surface area contributed by atoms with E-state index in [0.29, 0.717) is 5.56 Å². The molecule has 0 aliphatic carbocycles. The van der Waals surface area contributed by atoms with Gasteiger partial charge in [-0.15, -0.1) is 0 Å². The van der Waals surface area contributed by atoms with E-state index >= 15 is 0 Å². The molecule has 5 amide bonds. The lowest BCUT2D eigenvalue weighted by molar-refractivity contribution is -0.138. The van der Waals surface area contributed by atoms with E-state index in [1.165, 1.54) is 13.8 Å². The molecule has 14 heteroatoms. The van der Waals surface area contributed by atoms with Gasteiger partial charge >= 0.3 is 5.97 Å². The lowest BCUT2D eigenvalue weighted by Crippen LogP contribution is -2.61. The van der Waals surface area contributed by atoms with Gasteiger partial charge in [0, 0.05) is 26.7 Å². The van der Waals surface area contributed by atoms with Gasteiger partial charge < -0.3 is 41.9 Å². The van der Waals surface area contributed by atoms with Crippen LogP contribution in [0.25, 0.3) is 0 Å². The van der Waals surface area contributed by atoms with Crippen LogP contribution in [-0.4, -0.2) is 93.2 Å². The predicted octanol–water partition coefficient (Wildman–Crippen LogP) is 1.42. The quantitative estimate of drug-likeness (QED) is 0.0786. The number of hydrogen-bond donors (Lipinski definition) is 8. The van der Waals surface area contributed by atoms with Crippen LogP contribution in [0.15, 0.2) is 91.0 Å². The molecular formula is C41H53N5O9. The normalized spacial score (nSPS) is 14.9. The minimum atomic E-state index is -1.71. The van der Waals surface area contributed by atoms with Crippen LogP contribution in [0.2, 0.25) is 0 Å². The fraction of sp³-hybridized carbons (Fsp3) is 0.415. The van der Waals surface area contributed by atoms with Gasteiger partial charge in [0.2, 0.25) is 29.5 Å².